The molecule has 1 aliphatic carbocycles. The number of carbonyl (C=O) groups excluding carboxylic acids is 3. The van der Waals surface area contributed by atoms with Crippen molar-refractivity contribution in [3.05, 3.63) is 29.8 Å². The second-order valence-corrected chi connectivity index (χ2v) is 6.92. The van der Waals surface area contributed by atoms with Crippen molar-refractivity contribution < 1.29 is 19.1 Å². The van der Waals surface area contributed by atoms with Crippen molar-refractivity contribution in [1.29, 1.82) is 0 Å². The van der Waals surface area contributed by atoms with Crippen LogP contribution >= 0.6 is 11.8 Å². The van der Waals surface area contributed by atoms with E-state index in [0.29, 0.717) is 10.5 Å². The minimum Gasteiger partial charge on any atom is -0.449 e. The molecule has 1 fully saturated rings. The van der Waals surface area contributed by atoms with Gasteiger partial charge in [-0.2, -0.15) is 0 Å². The largest absolute Gasteiger partial charge is 0.449 e. The fourth-order valence-corrected chi connectivity index (χ4v) is 2.87. The maximum absolute atomic E-state index is 12.3. The lowest BCUT2D eigenvalue weighted by molar-refractivity contribution is -0.129. The van der Waals surface area contributed by atoms with Crippen LogP contribution in [0.1, 0.15) is 30.1 Å². The highest BCUT2D eigenvalue weighted by molar-refractivity contribution is 8.00. The summed E-state index contributed by atoms with van der Waals surface area (Å²) < 4.78 is 5.26. The molecule has 2 rings (SSSR count). The molecule has 1 aromatic rings. The number of thioether (sulfide) groups is 1. The van der Waals surface area contributed by atoms with Crippen LogP contribution in [0.25, 0.3) is 0 Å². The Morgan fingerprint density at radius 2 is 1.96 bits per heavy atom. The van der Waals surface area contributed by atoms with Gasteiger partial charge in [-0.25, -0.2) is 4.79 Å². The lowest BCUT2D eigenvalue weighted by Crippen LogP contribution is -2.37. The van der Waals surface area contributed by atoms with Crippen LogP contribution in [-0.2, 0) is 14.3 Å². The molecule has 1 aliphatic rings. The Bertz CT molecular complexity index is 629. The zero-order valence-electron chi connectivity index (χ0n) is 14.1. The Hall–Kier alpha value is -2.02. The molecular weight excluding hydrogens is 328 g/mol. The lowest BCUT2D eigenvalue weighted by Gasteiger charge is -2.15. The van der Waals surface area contributed by atoms with Gasteiger partial charge >= 0.3 is 5.97 Å². The standard InChI is InChI=1S/C17H22N2O4S/c1-11(16(21)18-12-8-9-12)23-17(22)13-6-4-5-7-14(13)24-10-15(20)19(2)3/h4-7,11-12H,8-10H2,1-3H3,(H,18,21)/t11-/m1/s1. The highest BCUT2D eigenvalue weighted by Crippen LogP contribution is 2.24. The third-order valence-corrected chi connectivity index (χ3v) is 4.59. The predicted molar refractivity (Wildman–Crippen MR) is 91.9 cm³/mol. The monoisotopic (exact) mass is 350 g/mol. The summed E-state index contributed by atoms with van der Waals surface area (Å²) in [5.41, 5.74) is 0.361. The van der Waals surface area contributed by atoms with Crippen LogP contribution in [-0.4, -0.2) is 54.7 Å². The average Bonchev–Trinajstić information content (AvgIpc) is 3.36. The number of rotatable bonds is 7. The molecule has 1 atom stereocenters. The molecule has 1 saturated carbocycles. The van der Waals surface area contributed by atoms with Crippen LogP contribution in [0.3, 0.4) is 0 Å². The second-order valence-electron chi connectivity index (χ2n) is 5.90. The number of benzene rings is 1. The quantitative estimate of drug-likeness (QED) is 0.598. The van der Waals surface area contributed by atoms with Gasteiger partial charge < -0.3 is 15.0 Å². The summed E-state index contributed by atoms with van der Waals surface area (Å²) in [5.74, 6) is -0.650. The average molecular weight is 350 g/mol. The molecule has 0 radical (unpaired) electrons. The van der Waals surface area contributed by atoms with Crippen LogP contribution < -0.4 is 5.32 Å². The normalized spacial score (nSPS) is 14.6. The van der Waals surface area contributed by atoms with Crippen LogP contribution in [0.15, 0.2) is 29.2 Å². The number of esters is 1. The van der Waals surface area contributed by atoms with E-state index >= 15 is 0 Å². The van der Waals surface area contributed by atoms with Gasteiger partial charge in [-0.3, -0.25) is 9.59 Å². The van der Waals surface area contributed by atoms with Gasteiger partial charge in [0.15, 0.2) is 6.10 Å². The van der Waals surface area contributed by atoms with Gasteiger partial charge in [0.05, 0.1) is 11.3 Å². The van der Waals surface area contributed by atoms with Crippen molar-refractivity contribution in [3.8, 4) is 0 Å². The number of hydrogen-bond acceptors (Lipinski definition) is 5. The molecule has 24 heavy (non-hydrogen) atoms. The topological polar surface area (TPSA) is 75.7 Å². The summed E-state index contributed by atoms with van der Waals surface area (Å²) >= 11 is 1.28. The fraction of sp³-hybridized carbons (Fsp3) is 0.471. The number of nitrogens with one attached hydrogen (secondary N) is 1. The lowest BCUT2D eigenvalue weighted by atomic mass is 10.2. The second kappa shape index (κ2) is 8.19. The van der Waals surface area contributed by atoms with Crippen LogP contribution in [0, 0.1) is 0 Å². The summed E-state index contributed by atoms with van der Waals surface area (Å²) in [6, 6.07) is 7.14. The smallest absolute Gasteiger partial charge is 0.340 e. The van der Waals surface area contributed by atoms with Crippen LogP contribution in [0.2, 0.25) is 0 Å². The summed E-state index contributed by atoms with van der Waals surface area (Å²) in [6.07, 6.45) is 1.11. The van der Waals surface area contributed by atoms with E-state index in [1.165, 1.54) is 16.7 Å². The molecule has 1 N–H and O–H groups in total. The SMILES string of the molecule is C[C@@H](OC(=O)c1ccccc1SCC(=O)N(C)C)C(=O)NC1CC1. The van der Waals surface area contributed by atoms with E-state index in [4.69, 9.17) is 4.74 Å². The molecule has 130 valence electrons. The molecule has 2 amide bonds. The third kappa shape index (κ3) is 5.26. The molecule has 0 heterocycles. The van der Waals surface area contributed by atoms with Gasteiger partial charge in [0, 0.05) is 25.0 Å². The van der Waals surface area contributed by atoms with Crippen molar-refractivity contribution in [1.82, 2.24) is 10.2 Å². The first-order valence-corrected chi connectivity index (χ1v) is 8.80. The third-order valence-electron chi connectivity index (χ3n) is 3.53. The summed E-state index contributed by atoms with van der Waals surface area (Å²) in [4.78, 5) is 38.1. The highest BCUT2D eigenvalue weighted by Gasteiger charge is 2.27. The zero-order valence-corrected chi connectivity index (χ0v) is 14.9. The van der Waals surface area contributed by atoms with Gasteiger partial charge in [-0.1, -0.05) is 12.1 Å². The van der Waals surface area contributed by atoms with Crippen LogP contribution in [0.4, 0.5) is 0 Å². The van der Waals surface area contributed by atoms with E-state index in [1.807, 2.05) is 0 Å². The summed E-state index contributed by atoms with van der Waals surface area (Å²) in [5, 5.41) is 2.81. The fourth-order valence-electron chi connectivity index (χ4n) is 1.85. The van der Waals surface area contributed by atoms with Crippen LogP contribution in [0.5, 0.6) is 0 Å². The van der Waals surface area contributed by atoms with E-state index in [0.717, 1.165) is 12.8 Å². The highest BCUT2D eigenvalue weighted by atomic mass is 32.2. The molecule has 0 saturated heterocycles. The first-order valence-electron chi connectivity index (χ1n) is 7.82. The number of amides is 2. The maximum Gasteiger partial charge on any atom is 0.340 e. The van der Waals surface area contributed by atoms with Gasteiger partial charge in [-0.05, 0) is 31.9 Å². The van der Waals surface area contributed by atoms with Crippen molar-refractivity contribution in [2.24, 2.45) is 0 Å². The van der Waals surface area contributed by atoms with Gasteiger partial charge in [0.2, 0.25) is 5.91 Å². The number of hydrogen-bond donors (Lipinski definition) is 1. The molecule has 0 unspecified atom stereocenters. The molecule has 7 heteroatoms. The number of carbonyl (C=O) groups is 3. The Kier molecular flexibility index (Phi) is 6.25. The molecule has 0 aliphatic heterocycles. The summed E-state index contributed by atoms with van der Waals surface area (Å²) in [7, 11) is 3.37. The minimum absolute atomic E-state index is 0.0413. The van der Waals surface area contributed by atoms with E-state index in [9.17, 15) is 14.4 Å². The predicted octanol–water partition coefficient (Wildman–Crippen LogP) is 1.69. The molecule has 1 aromatic carbocycles. The minimum atomic E-state index is -0.848. The van der Waals surface area contributed by atoms with Crippen molar-refractivity contribution >= 4 is 29.5 Å². The maximum atomic E-state index is 12.3. The Balaban J connectivity index is 1.97. The van der Waals surface area contributed by atoms with Gasteiger partial charge in [-0.15, -0.1) is 11.8 Å². The van der Waals surface area contributed by atoms with E-state index in [-0.39, 0.29) is 23.6 Å². The van der Waals surface area contributed by atoms with Crippen molar-refractivity contribution in [2.45, 2.75) is 36.8 Å². The van der Waals surface area contributed by atoms with E-state index < -0.39 is 12.1 Å². The molecule has 0 aromatic heterocycles. The van der Waals surface area contributed by atoms with E-state index in [2.05, 4.69) is 5.32 Å². The van der Waals surface area contributed by atoms with Crippen molar-refractivity contribution in [3.63, 3.8) is 0 Å². The Morgan fingerprint density at radius 3 is 2.58 bits per heavy atom. The van der Waals surface area contributed by atoms with Gasteiger partial charge in [0.25, 0.3) is 5.91 Å². The Morgan fingerprint density at radius 1 is 1.29 bits per heavy atom. The first-order chi connectivity index (χ1) is 11.4. The van der Waals surface area contributed by atoms with E-state index in [1.54, 1.807) is 45.3 Å². The first kappa shape index (κ1) is 18.3. The Labute approximate surface area is 145 Å². The molecule has 0 spiro atoms. The molecular formula is C17H22N2O4S. The zero-order chi connectivity index (χ0) is 17.7. The number of nitrogens with zero attached hydrogens (tertiary/aromatic N) is 1. The van der Waals surface area contributed by atoms with Gasteiger partial charge in [0.1, 0.15) is 0 Å². The number of ether oxygens (including phenoxy) is 1. The molecule has 6 nitrogen and oxygen atoms in total. The molecule has 0 bridgehead atoms. The van der Waals surface area contributed by atoms with Crippen molar-refractivity contribution in [2.75, 3.05) is 19.8 Å². The summed E-state index contributed by atoms with van der Waals surface area (Å²) in [6.45, 7) is 1.56.